The van der Waals surface area contributed by atoms with Gasteiger partial charge < -0.3 is 14.7 Å². The fourth-order valence-electron chi connectivity index (χ4n) is 1.72. The highest BCUT2D eigenvalue weighted by Crippen LogP contribution is 2.29. The number of rotatable bonds is 2. The molecule has 0 aromatic rings. The first-order valence-corrected chi connectivity index (χ1v) is 5.53. The summed E-state index contributed by atoms with van der Waals surface area (Å²) in [7, 11) is 0. The molecule has 0 unspecified atom stereocenters. The molecule has 0 aromatic carbocycles. The first-order valence-electron chi connectivity index (χ1n) is 5.53. The number of alkyl halides is 1. The van der Waals surface area contributed by atoms with E-state index in [-0.39, 0.29) is 26.0 Å². The predicted octanol–water partition coefficient (Wildman–Crippen LogP) is 1.72. The average molecular weight is 233 g/mol. The summed E-state index contributed by atoms with van der Waals surface area (Å²) < 4.78 is 19.1. The molecule has 4 nitrogen and oxygen atoms in total. The molecule has 16 heavy (non-hydrogen) atoms. The molecular weight excluding hydrogens is 213 g/mol. The van der Waals surface area contributed by atoms with Crippen LogP contribution in [0.15, 0.2) is 0 Å². The molecule has 0 aromatic heterocycles. The maximum atomic E-state index is 13.9. The third-order valence-corrected chi connectivity index (χ3v) is 2.52. The van der Waals surface area contributed by atoms with Crippen LogP contribution in [0.1, 0.15) is 33.6 Å². The van der Waals surface area contributed by atoms with E-state index in [2.05, 4.69) is 0 Å². The Hall–Kier alpha value is -0.840. The van der Waals surface area contributed by atoms with Gasteiger partial charge in [0.2, 0.25) is 0 Å². The third kappa shape index (κ3) is 3.63. The molecule has 0 radical (unpaired) electrons. The molecule has 5 heteroatoms. The van der Waals surface area contributed by atoms with E-state index in [4.69, 9.17) is 9.84 Å². The van der Waals surface area contributed by atoms with Crippen LogP contribution in [-0.4, -0.2) is 47.1 Å². The van der Waals surface area contributed by atoms with Crippen molar-refractivity contribution in [1.29, 1.82) is 0 Å². The molecule has 0 aliphatic carbocycles. The van der Waals surface area contributed by atoms with Gasteiger partial charge in [0.15, 0.2) is 0 Å². The Morgan fingerprint density at radius 3 is 2.69 bits per heavy atom. The van der Waals surface area contributed by atoms with Crippen LogP contribution in [0.3, 0.4) is 0 Å². The number of carbonyl (C=O) groups excluding carboxylic acids is 1. The van der Waals surface area contributed by atoms with Crippen molar-refractivity contribution < 1.29 is 19.0 Å². The fourth-order valence-corrected chi connectivity index (χ4v) is 1.72. The molecule has 0 bridgehead atoms. The van der Waals surface area contributed by atoms with E-state index in [1.54, 1.807) is 20.8 Å². The number of aliphatic hydroxyl groups excluding tert-OH is 1. The van der Waals surface area contributed by atoms with Crippen molar-refractivity contribution in [2.75, 3.05) is 19.7 Å². The first kappa shape index (κ1) is 13.2. The Bertz CT molecular complexity index is 264. The molecule has 94 valence electrons. The van der Waals surface area contributed by atoms with E-state index in [9.17, 15) is 9.18 Å². The van der Waals surface area contributed by atoms with Gasteiger partial charge in [0.05, 0.1) is 6.54 Å². The van der Waals surface area contributed by atoms with E-state index in [1.165, 1.54) is 4.90 Å². The molecule has 1 rings (SSSR count). The highest BCUT2D eigenvalue weighted by Gasteiger charge is 2.40. The van der Waals surface area contributed by atoms with E-state index in [0.717, 1.165) is 0 Å². The Morgan fingerprint density at radius 2 is 2.19 bits per heavy atom. The molecule has 1 aliphatic rings. The lowest BCUT2D eigenvalue weighted by Crippen LogP contribution is -2.37. The largest absolute Gasteiger partial charge is 0.444 e. The molecule has 1 amide bonds. The van der Waals surface area contributed by atoms with Gasteiger partial charge in [-0.25, -0.2) is 9.18 Å². The second-order valence-electron chi connectivity index (χ2n) is 5.28. The van der Waals surface area contributed by atoms with Crippen LogP contribution in [0.5, 0.6) is 0 Å². The molecule has 1 fully saturated rings. The van der Waals surface area contributed by atoms with Crippen LogP contribution in [0, 0.1) is 0 Å². The van der Waals surface area contributed by atoms with Gasteiger partial charge >= 0.3 is 6.09 Å². The lowest BCUT2D eigenvalue weighted by atomic mass is 10.0. The number of nitrogens with zero attached hydrogens (tertiary/aromatic N) is 1. The van der Waals surface area contributed by atoms with Crippen LogP contribution in [0.25, 0.3) is 0 Å². The minimum absolute atomic E-state index is 0.0163. The minimum Gasteiger partial charge on any atom is -0.444 e. The summed E-state index contributed by atoms with van der Waals surface area (Å²) >= 11 is 0. The number of likely N-dealkylation sites (tertiary alicyclic amines) is 1. The summed E-state index contributed by atoms with van der Waals surface area (Å²) in [5, 5.41) is 8.73. The average Bonchev–Trinajstić information content (AvgIpc) is 2.45. The van der Waals surface area contributed by atoms with Crippen molar-refractivity contribution in [2.45, 2.75) is 44.9 Å². The number of hydrogen-bond donors (Lipinski definition) is 1. The zero-order chi connectivity index (χ0) is 12.4. The first-order chi connectivity index (χ1) is 7.26. The molecule has 0 spiro atoms. The van der Waals surface area contributed by atoms with E-state index in [0.29, 0.717) is 6.54 Å². The Morgan fingerprint density at radius 1 is 1.56 bits per heavy atom. The summed E-state index contributed by atoms with van der Waals surface area (Å²) in [6.45, 7) is 5.50. The Kier molecular flexibility index (Phi) is 3.78. The topological polar surface area (TPSA) is 49.8 Å². The number of ether oxygens (including phenoxy) is 1. The van der Waals surface area contributed by atoms with Gasteiger partial charge in [0, 0.05) is 26.0 Å². The SMILES string of the molecule is CC(C)(C)OC(=O)N1CC[C@](F)(CCO)C1. The second-order valence-corrected chi connectivity index (χ2v) is 5.28. The summed E-state index contributed by atoms with van der Waals surface area (Å²) in [5.74, 6) is 0. The fraction of sp³-hybridized carbons (Fsp3) is 0.909. The summed E-state index contributed by atoms with van der Waals surface area (Å²) in [6.07, 6.45) is -0.135. The van der Waals surface area contributed by atoms with Crippen LogP contribution >= 0.6 is 0 Å². The molecule has 1 saturated heterocycles. The molecule has 1 aliphatic heterocycles. The van der Waals surface area contributed by atoms with Gasteiger partial charge in [0.1, 0.15) is 11.3 Å². The predicted molar refractivity (Wildman–Crippen MR) is 58.0 cm³/mol. The summed E-state index contributed by atoms with van der Waals surface area (Å²) in [4.78, 5) is 13.0. The summed E-state index contributed by atoms with van der Waals surface area (Å²) in [5.41, 5.74) is -2.01. The third-order valence-electron chi connectivity index (χ3n) is 2.52. The molecule has 1 atom stereocenters. The van der Waals surface area contributed by atoms with Crippen molar-refractivity contribution >= 4 is 6.09 Å². The number of carbonyl (C=O) groups is 1. The smallest absolute Gasteiger partial charge is 0.410 e. The van der Waals surface area contributed by atoms with Crippen molar-refractivity contribution in [2.24, 2.45) is 0 Å². The number of hydrogen-bond acceptors (Lipinski definition) is 3. The lowest BCUT2D eigenvalue weighted by Gasteiger charge is -2.25. The van der Waals surface area contributed by atoms with Gasteiger partial charge in [-0.3, -0.25) is 0 Å². The standard InChI is InChI=1S/C11H20FNO3/c1-10(2,3)16-9(15)13-6-4-11(12,8-13)5-7-14/h14H,4-8H2,1-3H3/t11-/m0/s1. The Labute approximate surface area is 95.4 Å². The van der Waals surface area contributed by atoms with Gasteiger partial charge in [-0.2, -0.15) is 0 Å². The highest BCUT2D eigenvalue weighted by molar-refractivity contribution is 5.68. The zero-order valence-corrected chi connectivity index (χ0v) is 10.1. The molecule has 1 heterocycles. The van der Waals surface area contributed by atoms with Crippen LogP contribution < -0.4 is 0 Å². The maximum absolute atomic E-state index is 13.9. The highest BCUT2D eigenvalue weighted by atomic mass is 19.1. The second kappa shape index (κ2) is 4.57. The van der Waals surface area contributed by atoms with Crippen LogP contribution in [0.4, 0.5) is 9.18 Å². The number of amides is 1. The number of aliphatic hydroxyl groups is 1. The lowest BCUT2D eigenvalue weighted by molar-refractivity contribution is 0.0246. The van der Waals surface area contributed by atoms with Crippen molar-refractivity contribution in [3.8, 4) is 0 Å². The van der Waals surface area contributed by atoms with Gasteiger partial charge in [-0.05, 0) is 20.8 Å². The monoisotopic (exact) mass is 233 g/mol. The molecule has 1 N–H and O–H groups in total. The molecular formula is C11H20FNO3. The number of halogens is 1. The Balaban J connectivity index is 2.50. The van der Waals surface area contributed by atoms with Crippen molar-refractivity contribution in [3.05, 3.63) is 0 Å². The van der Waals surface area contributed by atoms with Crippen LogP contribution in [-0.2, 0) is 4.74 Å². The van der Waals surface area contributed by atoms with Gasteiger partial charge in [0.25, 0.3) is 0 Å². The van der Waals surface area contributed by atoms with E-state index < -0.39 is 17.4 Å². The quantitative estimate of drug-likeness (QED) is 0.790. The van der Waals surface area contributed by atoms with E-state index >= 15 is 0 Å². The van der Waals surface area contributed by atoms with E-state index in [1.807, 2.05) is 0 Å². The zero-order valence-electron chi connectivity index (χ0n) is 10.1. The minimum atomic E-state index is -1.45. The van der Waals surface area contributed by atoms with Crippen molar-refractivity contribution in [1.82, 2.24) is 4.90 Å². The molecule has 0 saturated carbocycles. The summed E-state index contributed by atoms with van der Waals surface area (Å²) in [6, 6.07) is 0. The maximum Gasteiger partial charge on any atom is 0.410 e. The van der Waals surface area contributed by atoms with Gasteiger partial charge in [-0.1, -0.05) is 0 Å². The normalized spacial score (nSPS) is 25.9. The van der Waals surface area contributed by atoms with Crippen LogP contribution in [0.2, 0.25) is 0 Å². The van der Waals surface area contributed by atoms with Crippen molar-refractivity contribution in [3.63, 3.8) is 0 Å². The van der Waals surface area contributed by atoms with Gasteiger partial charge in [-0.15, -0.1) is 0 Å².